The largest absolute Gasteiger partial charge is 0.507 e. The van der Waals surface area contributed by atoms with Crippen LogP contribution in [0.1, 0.15) is 35.4 Å². The van der Waals surface area contributed by atoms with Crippen molar-refractivity contribution >= 4 is 67.6 Å². The lowest BCUT2D eigenvalue weighted by Gasteiger charge is -2.42. The fourth-order valence-corrected chi connectivity index (χ4v) is 7.39. The molecule has 192 valence electrons. The molecule has 38 heavy (non-hydrogen) atoms. The molecule has 0 bridgehead atoms. The highest BCUT2D eigenvalue weighted by Crippen LogP contribution is 2.56. The van der Waals surface area contributed by atoms with Crippen LogP contribution in [0.5, 0.6) is 5.75 Å². The third kappa shape index (κ3) is 3.71. The predicted octanol–water partition coefficient (Wildman–Crippen LogP) is 5.58. The molecule has 0 spiro atoms. The second-order valence-corrected chi connectivity index (χ2v) is 12.5. The molecule has 0 saturated carbocycles. The van der Waals surface area contributed by atoms with Crippen molar-refractivity contribution in [3.63, 3.8) is 0 Å². The van der Waals surface area contributed by atoms with E-state index in [2.05, 4.69) is 38.5 Å². The van der Waals surface area contributed by atoms with E-state index in [-0.39, 0.29) is 40.0 Å². The minimum absolute atomic E-state index is 0.186. The molecular weight excluding hydrogens is 661 g/mol. The van der Waals surface area contributed by atoms with Crippen molar-refractivity contribution in [3.05, 3.63) is 90.0 Å². The number of halogens is 2. The van der Waals surface area contributed by atoms with E-state index >= 15 is 0 Å². The number of benzene rings is 2. The average Bonchev–Trinajstić information content (AvgIpc) is 3.14. The van der Waals surface area contributed by atoms with Crippen molar-refractivity contribution in [3.8, 4) is 5.75 Å². The maximum atomic E-state index is 13.9. The Morgan fingerprint density at radius 3 is 2.29 bits per heavy atom. The van der Waals surface area contributed by atoms with Gasteiger partial charge in [0.05, 0.1) is 22.0 Å². The molecule has 4 aliphatic rings. The second kappa shape index (κ2) is 9.12. The monoisotopic (exact) mass is 683 g/mol. The molecule has 1 fully saturated rings. The molecular formula is C30H23BrINO5. The molecule has 4 atom stereocenters. The van der Waals surface area contributed by atoms with Gasteiger partial charge in [-0.1, -0.05) is 23.8 Å². The van der Waals surface area contributed by atoms with Gasteiger partial charge in [-0.25, -0.2) is 0 Å². The number of carbonyl (C=O) groups excluding carboxylic acids is 4. The van der Waals surface area contributed by atoms with Crippen molar-refractivity contribution in [1.82, 2.24) is 0 Å². The smallest absolute Gasteiger partial charge is 0.238 e. The zero-order chi connectivity index (χ0) is 27.0. The molecule has 1 aliphatic heterocycles. The normalized spacial score (nSPS) is 26.7. The molecule has 1 N–H and O–H groups in total. The number of amides is 2. The summed E-state index contributed by atoms with van der Waals surface area (Å²) in [5.41, 5.74) is 4.39. The number of phenols is 1. The summed E-state index contributed by atoms with van der Waals surface area (Å²) < 4.78 is 1.20. The van der Waals surface area contributed by atoms with E-state index < -0.39 is 23.7 Å². The van der Waals surface area contributed by atoms with Crippen molar-refractivity contribution in [2.45, 2.75) is 32.6 Å². The summed E-state index contributed by atoms with van der Waals surface area (Å²) in [6.07, 6.45) is 3.94. The number of allylic oxidation sites excluding steroid dienone is 6. The third-order valence-corrected chi connectivity index (χ3v) is 9.57. The summed E-state index contributed by atoms with van der Waals surface area (Å²) in [6, 6.07) is 11.0. The van der Waals surface area contributed by atoms with Crippen LogP contribution in [0.3, 0.4) is 0 Å². The number of imide groups is 1. The summed E-state index contributed by atoms with van der Waals surface area (Å²) in [4.78, 5) is 55.5. The Balaban J connectivity index is 1.50. The van der Waals surface area contributed by atoms with Crippen LogP contribution in [-0.4, -0.2) is 28.5 Å². The number of phenolic OH excluding ortho intramolecular Hbond substituents is 1. The van der Waals surface area contributed by atoms with Crippen LogP contribution >= 0.6 is 38.5 Å². The third-order valence-electron chi connectivity index (χ3n) is 8.26. The number of aromatic hydroxyl groups is 1. The molecule has 8 heteroatoms. The Morgan fingerprint density at radius 1 is 0.974 bits per heavy atom. The molecule has 0 aromatic heterocycles. The van der Waals surface area contributed by atoms with Crippen LogP contribution in [0, 0.1) is 35.2 Å². The van der Waals surface area contributed by atoms with Crippen LogP contribution in [0.4, 0.5) is 5.69 Å². The number of hydrogen-bond donors (Lipinski definition) is 1. The maximum Gasteiger partial charge on any atom is 0.238 e. The van der Waals surface area contributed by atoms with Gasteiger partial charge in [-0.3, -0.25) is 24.1 Å². The van der Waals surface area contributed by atoms with E-state index in [1.165, 1.54) is 11.0 Å². The first-order valence-electron chi connectivity index (χ1n) is 12.4. The topological polar surface area (TPSA) is 91.8 Å². The number of ketones is 2. The van der Waals surface area contributed by atoms with Gasteiger partial charge in [-0.05, 0) is 112 Å². The molecule has 2 aromatic rings. The number of anilines is 1. The lowest BCUT2D eigenvalue weighted by molar-refractivity contribution is -0.123. The first-order valence-corrected chi connectivity index (χ1v) is 14.3. The maximum absolute atomic E-state index is 13.9. The summed E-state index contributed by atoms with van der Waals surface area (Å²) in [5.74, 6) is -2.87. The number of nitrogens with zero attached hydrogens (tertiary/aromatic N) is 1. The Morgan fingerprint density at radius 2 is 1.63 bits per heavy atom. The number of rotatable bonds is 2. The quantitative estimate of drug-likeness (QED) is 0.193. The van der Waals surface area contributed by atoms with Crippen LogP contribution in [-0.2, 0) is 19.2 Å². The molecule has 1 heterocycles. The van der Waals surface area contributed by atoms with Crippen LogP contribution in [0.2, 0.25) is 0 Å². The zero-order valence-electron chi connectivity index (χ0n) is 20.6. The zero-order valence-corrected chi connectivity index (χ0v) is 24.4. The standard InChI is InChI=1S/C30H23BrINO5/c1-13-9-15(10-14(2)27(13)35)24-18-7-8-19-25(20(18)11-21-26(24)23(34)12-22(31)28(21)36)30(38)33(29(19)37)17-5-3-16(32)4-6-17/h3-7,9-10,12,19-20,24-25,35H,8,11H2,1-2H3. The van der Waals surface area contributed by atoms with E-state index in [0.717, 1.165) is 14.7 Å². The fraction of sp³-hybridized carbons (Fsp3) is 0.267. The first kappa shape index (κ1) is 25.4. The summed E-state index contributed by atoms with van der Waals surface area (Å²) in [7, 11) is 0. The van der Waals surface area contributed by atoms with E-state index in [0.29, 0.717) is 34.4 Å². The van der Waals surface area contributed by atoms with E-state index in [4.69, 9.17) is 0 Å². The summed E-state index contributed by atoms with van der Waals surface area (Å²) in [5, 5.41) is 10.4. The molecule has 2 amide bonds. The van der Waals surface area contributed by atoms with Gasteiger partial charge in [0, 0.05) is 26.7 Å². The van der Waals surface area contributed by atoms with Gasteiger partial charge < -0.3 is 5.11 Å². The molecule has 6 rings (SSSR count). The van der Waals surface area contributed by atoms with Gasteiger partial charge in [0.15, 0.2) is 11.6 Å². The highest BCUT2D eigenvalue weighted by Gasteiger charge is 2.56. The molecule has 3 aliphatic carbocycles. The Labute approximate surface area is 241 Å². The Hall–Kier alpha value is -2.85. The van der Waals surface area contributed by atoms with Gasteiger partial charge in [-0.15, -0.1) is 0 Å². The first-order chi connectivity index (χ1) is 18.1. The van der Waals surface area contributed by atoms with Crippen LogP contribution in [0.25, 0.3) is 0 Å². The van der Waals surface area contributed by atoms with Crippen molar-refractivity contribution in [2.24, 2.45) is 17.8 Å². The minimum atomic E-state index is -0.620. The van der Waals surface area contributed by atoms with Crippen molar-refractivity contribution < 1.29 is 24.3 Å². The number of Topliss-reactive ketones (excluding diaryl/α,β-unsaturated/α-hetero) is 1. The predicted molar refractivity (Wildman–Crippen MR) is 154 cm³/mol. The summed E-state index contributed by atoms with van der Waals surface area (Å²) in [6.45, 7) is 3.60. The molecule has 2 aromatic carbocycles. The number of hydrogen-bond acceptors (Lipinski definition) is 5. The van der Waals surface area contributed by atoms with Gasteiger partial charge >= 0.3 is 0 Å². The average molecular weight is 684 g/mol. The molecule has 6 nitrogen and oxygen atoms in total. The SMILES string of the molecule is Cc1cc(C2C3=CCC4C(=O)N(c5ccc(I)cc5)C(=O)C4C3CC3=C2C(=O)C=C(Br)C3=O)cc(C)c1O. The molecule has 4 unspecified atom stereocenters. The van der Waals surface area contributed by atoms with Crippen LogP contribution in [0.15, 0.2) is 69.8 Å². The lowest BCUT2D eigenvalue weighted by Crippen LogP contribution is -2.39. The summed E-state index contributed by atoms with van der Waals surface area (Å²) >= 11 is 5.43. The lowest BCUT2D eigenvalue weighted by atomic mass is 9.59. The van der Waals surface area contributed by atoms with E-state index in [1.54, 1.807) is 26.0 Å². The van der Waals surface area contributed by atoms with Gasteiger partial charge in [0.2, 0.25) is 11.8 Å². The highest BCUT2D eigenvalue weighted by molar-refractivity contribution is 14.1. The fourth-order valence-electron chi connectivity index (χ4n) is 6.59. The number of fused-ring (bicyclic) bond motifs is 3. The van der Waals surface area contributed by atoms with Crippen molar-refractivity contribution in [2.75, 3.05) is 4.90 Å². The van der Waals surface area contributed by atoms with E-state index in [1.807, 2.05) is 30.3 Å². The minimum Gasteiger partial charge on any atom is -0.507 e. The highest BCUT2D eigenvalue weighted by atomic mass is 127. The second-order valence-electron chi connectivity index (χ2n) is 10.4. The van der Waals surface area contributed by atoms with E-state index in [9.17, 15) is 24.3 Å². The van der Waals surface area contributed by atoms with Gasteiger partial charge in [0.25, 0.3) is 0 Å². The molecule has 1 saturated heterocycles. The van der Waals surface area contributed by atoms with Gasteiger partial charge in [-0.2, -0.15) is 0 Å². The Bertz CT molecular complexity index is 1540. The Kier molecular flexibility index (Phi) is 6.10. The van der Waals surface area contributed by atoms with Gasteiger partial charge in [0.1, 0.15) is 5.75 Å². The molecule has 0 radical (unpaired) electrons. The number of aryl methyl sites for hydroxylation is 2. The van der Waals surface area contributed by atoms with Crippen molar-refractivity contribution in [1.29, 1.82) is 0 Å². The van der Waals surface area contributed by atoms with Crippen LogP contribution < -0.4 is 4.90 Å². The number of carbonyl (C=O) groups is 4.